The number of aromatic nitrogens is 4. The van der Waals surface area contributed by atoms with Gasteiger partial charge in [0.15, 0.2) is 15.2 Å². The van der Waals surface area contributed by atoms with E-state index in [2.05, 4.69) is 31.5 Å². The second-order valence-corrected chi connectivity index (χ2v) is 10.9. The smallest absolute Gasteiger partial charge is 0.277 e. The molecule has 1 amide bonds. The standard InChI is InChI=1S/C22H17Cl2N5OS3/c1-13-3-2-4-15(9-13)12-31-20-25-10-17(24)18(26-20)19(30)27-21-28-29-22(33-21)32-11-14-5-7-16(23)8-6-14/h2-10H,11-12H2,1H3,(H,27,28,30). The van der Waals surface area contributed by atoms with E-state index in [9.17, 15) is 4.79 Å². The third-order valence-corrected chi connectivity index (χ3v) is 7.79. The van der Waals surface area contributed by atoms with Crippen molar-refractivity contribution in [1.82, 2.24) is 20.2 Å². The Labute approximate surface area is 213 Å². The minimum absolute atomic E-state index is 0.101. The molecule has 2 heterocycles. The monoisotopic (exact) mass is 533 g/mol. The lowest BCUT2D eigenvalue weighted by molar-refractivity contribution is 0.102. The topological polar surface area (TPSA) is 80.7 Å². The lowest BCUT2D eigenvalue weighted by atomic mass is 10.2. The first-order valence-corrected chi connectivity index (χ1v) is 13.2. The van der Waals surface area contributed by atoms with Crippen LogP contribution in [-0.4, -0.2) is 26.1 Å². The van der Waals surface area contributed by atoms with Crippen LogP contribution in [-0.2, 0) is 11.5 Å². The number of carbonyl (C=O) groups excluding carboxylic acids is 1. The van der Waals surface area contributed by atoms with Gasteiger partial charge in [0.25, 0.3) is 5.91 Å². The number of carbonyl (C=O) groups is 1. The van der Waals surface area contributed by atoms with Gasteiger partial charge in [-0.05, 0) is 30.2 Å². The molecule has 0 spiro atoms. The van der Waals surface area contributed by atoms with Crippen molar-refractivity contribution in [3.05, 3.63) is 87.2 Å². The molecule has 168 valence electrons. The molecule has 0 bridgehead atoms. The van der Waals surface area contributed by atoms with Crippen LogP contribution in [0.25, 0.3) is 0 Å². The SMILES string of the molecule is Cc1cccc(CSc2ncc(Cl)c(C(=O)Nc3nnc(SCc4ccc(Cl)cc4)s3)n2)c1. The molecule has 2 aromatic carbocycles. The van der Waals surface area contributed by atoms with Crippen LogP contribution in [0.3, 0.4) is 0 Å². The highest BCUT2D eigenvalue weighted by Crippen LogP contribution is 2.29. The normalized spacial score (nSPS) is 10.9. The first-order chi connectivity index (χ1) is 16.0. The van der Waals surface area contributed by atoms with E-state index in [1.165, 1.54) is 46.6 Å². The van der Waals surface area contributed by atoms with E-state index >= 15 is 0 Å². The van der Waals surface area contributed by atoms with E-state index in [1.54, 1.807) is 0 Å². The van der Waals surface area contributed by atoms with Gasteiger partial charge in [-0.1, -0.05) is 100 Å². The highest BCUT2D eigenvalue weighted by Gasteiger charge is 2.17. The zero-order chi connectivity index (χ0) is 23.2. The van der Waals surface area contributed by atoms with Crippen molar-refractivity contribution < 1.29 is 4.79 Å². The van der Waals surface area contributed by atoms with Crippen LogP contribution in [0, 0.1) is 6.92 Å². The summed E-state index contributed by atoms with van der Waals surface area (Å²) in [6, 6.07) is 15.8. The minimum atomic E-state index is -0.454. The number of anilines is 1. The highest BCUT2D eigenvalue weighted by atomic mass is 35.5. The molecule has 4 aromatic rings. The second-order valence-electron chi connectivity index (χ2n) is 6.87. The lowest BCUT2D eigenvalue weighted by Gasteiger charge is -2.06. The van der Waals surface area contributed by atoms with Crippen molar-refractivity contribution >= 4 is 69.1 Å². The molecule has 0 unspecified atom stereocenters. The van der Waals surface area contributed by atoms with E-state index in [-0.39, 0.29) is 10.7 Å². The lowest BCUT2D eigenvalue weighted by Crippen LogP contribution is -2.15. The fourth-order valence-corrected chi connectivity index (χ4v) is 5.49. The Morgan fingerprint density at radius 2 is 1.82 bits per heavy atom. The molecule has 0 aliphatic carbocycles. The molecule has 33 heavy (non-hydrogen) atoms. The Hall–Kier alpha value is -2.17. The molecule has 4 rings (SSSR count). The van der Waals surface area contributed by atoms with Crippen LogP contribution in [0.1, 0.15) is 27.2 Å². The van der Waals surface area contributed by atoms with Gasteiger partial charge in [0, 0.05) is 16.5 Å². The fraction of sp³-hybridized carbons (Fsp3) is 0.136. The summed E-state index contributed by atoms with van der Waals surface area (Å²) in [6.45, 7) is 2.05. The molecule has 0 atom stereocenters. The number of benzene rings is 2. The van der Waals surface area contributed by atoms with Gasteiger partial charge in [-0.25, -0.2) is 9.97 Å². The molecular formula is C22H17Cl2N5OS3. The van der Waals surface area contributed by atoms with Gasteiger partial charge in [-0.2, -0.15) is 0 Å². The number of halogens is 2. The van der Waals surface area contributed by atoms with E-state index in [1.807, 2.05) is 49.4 Å². The molecule has 6 nitrogen and oxygen atoms in total. The zero-order valence-electron chi connectivity index (χ0n) is 17.3. The van der Waals surface area contributed by atoms with Gasteiger partial charge in [-0.3, -0.25) is 10.1 Å². The minimum Gasteiger partial charge on any atom is -0.295 e. The van der Waals surface area contributed by atoms with Crippen LogP contribution in [0.2, 0.25) is 10.0 Å². The number of rotatable bonds is 8. The van der Waals surface area contributed by atoms with Gasteiger partial charge >= 0.3 is 0 Å². The number of hydrogen-bond donors (Lipinski definition) is 1. The Morgan fingerprint density at radius 1 is 1.03 bits per heavy atom. The number of nitrogens with one attached hydrogen (secondary N) is 1. The van der Waals surface area contributed by atoms with Crippen LogP contribution in [0.4, 0.5) is 5.13 Å². The molecule has 11 heteroatoms. The Kier molecular flexibility index (Phi) is 8.21. The predicted molar refractivity (Wildman–Crippen MR) is 137 cm³/mol. The summed E-state index contributed by atoms with van der Waals surface area (Å²) in [5.74, 6) is 0.957. The Morgan fingerprint density at radius 3 is 2.61 bits per heavy atom. The number of aryl methyl sites for hydroxylation is 1. The van der Waals surface area contributed by atoms with Gasteiger partial charge in [0.1, 0.15) is 0 Å². The third kappa shape index (κ3) is 6.91. The third-order valence-electron chi connectivity index (χ3n) is 4.29. The van der Waals surface area contributed by atoms with Gasteiger partial charge in [-0.15, -0.1) is 10.2 Å². The first-order valence-electron chi connectivity index (χ1n) is 9.69. The number of nitrogens with zero attached hydrogens (tertiary/aromatic N) is 4. The summed E-state index contributed by atoms with van der Waals surface area (Å²) >= 11 is 16.4. The second kappa shape index (κ2) is 11.3. The maximum Gasteiger partial charge on any atom is 0.277 e. The van der Waals surface area contributed by atoms with E-state index in [0.717, 1.165) is 21.2 Å². The van der Waals surface area contributed by atoms with E-state index in [0.29, 0.717) is 21.1 Å². The summed E-state index contributed by atoms with van der Waals surface area (Å²) in [7, 11) is 0. The Balaban J connectivity index is 1.36. The van der Waals surface area contributed by atoms with Crippen molar-refractivity contribution in [3.63, 3.8) is 0 Å². The highest BCUT2D eigenvalue weighted by molar-refractivity contribution is 8.00. The van der Waals surface area contributed by atoms with Crippen molar-refractivity contribution in [2.24, 2.45) is 0 Å². The van der Waals surface area contributed by atoms with Crippen molar-refractivity contribution in [3.8, 4) is 0 Å². The van der Waals surface area contributed by atoms with Crippen LogP contribution in [0.5, 0.6) is 0 Å². The largest absolute Gasteiger partial charge is 0.295 e. The summed E-state index contributed by atoms with van der Waals surface area (Å²) in [6.07, 6.45) is 1.44. The van der Waals surface area contributed by atoms with Crippen molar-refractivity contribution in [2.45, 2.75) is 27.9 Å². The van der Waals surface area contributed by atoms with Crippen LogP contribution < -0.4 is 5.32 Å². The molecule has 0 aliphatic rings. The number of hydrogen-bond acceptors (Lipinski definition) is 8. The van der Waals surface area contributed by atoms with Crippen LogP contribution in [0.15, 0.2) is 64.2 Å². The average molecular weight is 535 g/mol. The van der Waals surface area contributed by atoms with Gasteiger partial charge in [0.05, 0.1) is 11.2 Å². The molecular weight excluding hydrogens is 517 g/mol. The zero-order valence-corrected chi connectivity index (χ0v) is 21.2. The number of amides is 1. The fourth-order valence-electron chi connectivity index (χ4n) is 2.73. The molecule has 0 radical (unpaired) electrons. The molecule has 0 saturated heterocycles. The van der Waals surface area contributed by atoms with Gasteiger partial charge < -0.3 is 0 Å². The van der Waals surface area contributed by atoms with Gasteiger partial charge in [0.2, 0.25) is 5.13 Å². The van der Waals surface area contributed by atoms with E-state index in [4.69, 9.17) is 23.2 Å². The molecule has 0 aliphatic heterocycles. The summed E-state index contributed by atoms with van der Waals surface area (Å²) < 4.78 is 0.739. The Bertz CT molecular complexity index is 1270. The summed E-state index contributed by atoms with van der Waals surface area (Å²) in [5, 5.41) is 12.6. The summed E-state index contributed by atoms with van der Waals surface area (Å²) in [4.78, 5) is 21.3. The summed E-state index contributed by atoms with van der Waals surface area (Å²) in [5.41, 5.74) is 3.56. The maximum atomic E-state index is 12.8. The van der Waals surface area contributed by atoms with E-state index < -0.39 is 5.91 Å². The van der Waals surface area contributed by atoms with Crippen molar-refractivity contribution in [1.29, 1.82) is 0 Å². The quantitative estimate of drug-likeness (QED) is 0.152. The predicted octanol–water partition coefficient (Wildman–Crippen LogP) is 6.78. The average Bonchev–Trinajstić information content (AvgIpc) is 3.25. The molecule has 2 aromatic heterocycles. The molecule has 1 N–H and O–H groups in total. The van der Waals surface area contributed by atoms with Crippen LogP contribution >= 0.6 is 58.1 Å². The maximum absolute atomic E-state index is 12.8. The molecule has 0 fully saturated rings. The number of thioether (sulfide) groups is 2. The van der Waals surface area contributed by atoms with Crippen molar-refractivity contribution in [2.75, 3.05) is 5.32 Å². The first kappa shape index (κ1) is 24.0. The molecule has 0 saturated carbocycles.